The number of aryl methyl sites for hydroxylation is 1. The number of ether oxygens (including phenoxy) is 2. The second kappa shape index (κ2) is 10.4. The fourth-order valence-electron chi connectivity index (χ4n) is 5.79. The Kier molecular flexibility index (Phi) is 7.16. The molecule has 3 heterocycles. The minimum Gasteiger partial charge on any atom is -0.493 e. The number of hydrogen-bond donors (Lipinski definition) is 0. The van der Waals surface area contributed by atoms with E-state index < -0.39 is 0 Å². The predicted molar refractivity (Wildman–Crippen MR) is 133 cm³/mol. The Balaban J connectivity index is 1.30. The number of fused-ring (bicyclic) bond motifs is 1. The highest BCUT2D eigenvalue weighted by Crippen LogP contribution is 2.36. The number of likely N-dealkylation sites (tertiary alicyclic amines) is 1. The number of anilines is 1. The van der Waals surface area contributed by atoms with Crippen LogP contribution in [0.3, 0.4) is 0 Å². The van der Waals surface area contributed by atoms with E-state index in [1.807, 2.05) is 13.0 Å². The van der Waals surface area contributed by atoms with Crippen molar-refractivity contribution in [2.45, 2.75) is 57.9 Å². The summed E-state index contributed by atoms with van der Waals surface area (Å²) in [6, 6.07) is 4.90. The van der Waals surface area contributed by atoms with Crippen LogP contribution in [0.2, 0.25) is 0 Å². The molecule has 3 fully saturated rings. The molecule has 2 aliphatic heterocycles. The van der Waals surface area contributed by atoms with E-state index in [1.54, 1.807) is 7.11 Å². The molecule has 180 valence electrons. The van der Waals surface area contributed by atoms with Gasteiger partial charge < -0.3 is 19.3 Å². The van der Waals surface area contributed by atoms with Crippen LogP contribution < -0.4 is 14.4 Å². The van der Waals surface area contributed by atoms with Crippen molar-refractivity contribution in [1.29, 1.82) is 0 Å². The first-order valence-corrected chi connectivity index (χ1v) is 12.9. The molecule has 1 aromatic heterocycles. The summed E-state index contributed by atoms with van der Waals surface area (Å²) in [5.41, 5.74) is 0.936. The third-order valence-corrected chi connectivity index (χ3v) is 7.60. The van der Waals surface area contributed by atoms with Gasteiger partial charge in [0.05, 0.1) is 19.2 Å². The Morgan fingerprint density at radius 2 is 1.67 bits per heavy atom. The Bertz CT molecular complexity index is 932. The van der Waals surface area contributed by atoms with Gasteiger partial charge in [0, 0.05) is 50.2 Å². The maximum Gasteiger partial charge on any atom is 0.163 e. The van der Waals surface area contributed by atoms with Gasteiger partial charge in [0.2, 0.25) is 0 Å². The Labute approximate surface area is 198 Å². The van der Waals surface area contributed by atoms with Crippen LogP contribution in [0, 0.1) is 6.92 Å². The number of benzene rings is 1. The smallest absolute Gasteiger partial charge is 0.163 e. The molecule has 0 spiro atoms. The molecule has 0 amide bonds. The van der Waals surface area contributed by atoms with Crippen LogP contribution in [-0.2, 0) is 0 Å². The predicted octanol–water partition coefficient (Wildman–Crippen LogP) is 3.88. The minimum atomic E-state index is 0.693. The fourth-order valence-corrected chi connectivity index (χ4v) is 5.79. The number of rotatable bonds is 8. The second-order valence-electron chi connectivity index (χ2n) is 9.83. The average Bonchev–Trinajstić information content (AvgIpc) is 3.55. The summed E-state index contributed by atoms with van der Waals surface area (Å²) in [5.74, 6) is 3.38. The largest absolute Gasteiger partial charge is 0.493 e. The first kappa shape index (κ1) is 22.7. The van der Waals surface area contributed by atoms with E-state index in [0.29, 0.717) is 6.61 Å². The lowest BCUT2D eigenvalue weighted by Gasteiger charge is -2.39. The van der Waals surface area contributed by atoms with Crippen LogP contribution >= 0.6 is 0 Å². The van der Waals surface area contributed by atoms with Crippen molar-refractivity contribution < 1.29 is 9.47 Å². The van der Waals surface area contributed by atoms with E-state index in [-0.39, 0.29) is 0 Å². The third kappa shape index (κ3) is 5.19. The van der Waals surface area contributed by atoms with Crippen molar-refractivity contribution in [2.75, 3.05) is 64.4 Å². The number of aromatic nitrogens is 2. The van der Waals surface area contributed by atoms with Gasteiger partial charge in [-0.3, -0.25) is 4.90 Å². The molecule has 2 aromatic rings. The lowest BCUT2D eigenvalue weighted by atomic mass is 10.1. The Morgan fingerprint density at radius 1 is 0.909 bits per heavy atom. The summed E-state index contributed by atoms with van der Waals surface area (Å²) < 4.78 is 11.9. The van der Waals surface area contributed by atoms with Crippen molar-refractivity contribution >= 4 is 16.7 Å². The summed E-state index contributed by atoms with van der Waals surface area (Å²) in [6.45, 7) is 10.5. The zero-order valence-corrected chi connectivity index (χ0v) is 20.4. The van der Waals surface area contributed by atoms with E-state index in [0.717, 1.165) is 79.2 Å². The Hall–Kier alpha value is -2.12. The zero-order valence-electron chi connectivity index (χ0n) is 20.4. The van der Waals surface area contributed by atoms with Crippen molar-refractivity contribution in [3.05, 3.63) is 18.0 Å². The summed E-state index contributed by atoms with van der Waals surface area (Å²) in [5, 5.41) is 1.05. The monoisotopic (exact) mass is 453 g/mol. The molecule has 7 nitrogen and oxygen atoms in total. The van der Waals surface area contributed by atoms with Gasteiger partial charge in [0.15, 0.2) is 11.5 Å². The van der Waals surface area contributed by atoms with Crippen molar-refractivity contribution in [2.24, 2.45) is 0 Å². The van der Waals surface area contributed by atoms with E-state index in [9.17, 15) is 0 Å². The van der Waals surface area contributed by atoms with Crippen LogP contribution in [0.5, 0.6) is 11.5 Å². The second-order valence-corrected chi connectivity index (χ2v) is 9.83. The quantitative estimate of drug-likeness (QED) is 0.562. The van der Waals surface area contributed by atoms with Gasteiger partial charge in [-0.15, -0.1) is 0 Å². The van der Waals surface area contributed by atoms with E-state index in [2.05, 4.69) is 20.8 Å². The van der Waals surface area contributed by atoms with Crippen LogP contribution in [-0.4, -0.2) is 85.3 Å². The fraction of sp³-hybridized carbons (Fsp3) is 0.692. The first-order chi connectivity index (χ1) is 16.2. The molecular weight excluding hydrogens is 414 g/mol. The molecule has 5 rings (SSSR count). The van der Waals surface area contributed by atoms with E-state index in [4.69, 9.17) is 19.4 Å². The molecule has 0 radical (unpaired) electrons. The van der Waals surface area contributed by atoms with Crippen LogP contribution in [0.15, 0.2) is 12.1 Å². The minimum absolute atomic E-state index is 0.693. The van der Waals surface area contributed by atoms with Crippen LogP contribution in [0.4, 0.5) is 5.82 Å². The van der Waals surface area contributed by atoms with Gasteiger partial charge in [0.1, 0.15) is 11.6 Å². The maximum atomic E-state index is 6.16. The lowest BCUT2D eigenvalue weighted by molar-refractivity contribution is 0.187. The summed E-state index contributed by atoms with van der Waals surface area (Å²) >= 11 is 0. The molecule has 1 aliphatic carbocycles. The topological polar surface area (TPSA) is 54.0 Å². The molecule has 1 saturated carbocycles. The number of hydrogen-bond acceptors (Lipinski definition) is 7. The molecule has 1 aromatic carbocycles. The summed E-state index contributed by atoms with van der Waals surface area (Å²) in [7, 11) is 1.72. The highest BCUT2D eigenvalue weighted by Gasteiger charge is 2.27. The number of nitrogens with zero attached hydrogens (tertiary/aromatic N) is 5. The molecule has 0 unspecified atom stereocenters. The summed E-state index contributed by atoms with van der Waals surface area (Å²) in [4.78, 5) is 17.3. The van der Waals surface area contributed by atoms with Crippen LogP contribution in [0.1, 0.15) is 50.8 Å². The van der Waals surface area contributed by atoms with Gasteiger partial charge in [-0.2, -0.15) is 0 Å². The number of methoxy groups -OCH3 is 1. The zero-order chi connectivity index (χ0) is 22.6. The lowest BCUT2D eigenvalue weighted by Crippen LogP contribution is -2.50. The average molecular weight is 454 g/mol. The maximum absolute atomic E-state index is 6.16. The molecule has 33 heavy (non-hydrogen) atoms. The van der Waals surface area contributed by atoms with Gasteiger partial charge in [-0.05, 0) is 58.2 Å². The van der Waals surface area contributed by atoms with Crippen molar-refractivity contribution in [3.8, 4) is 11.5 Å². The van der Waals surface area contributed by atoms with Gasteiger partial charge in [-0.25, -0.2) is 9.97 Å². The molecule has 7 heteroatoms. The number of piperazine rings is 1. The molecular formula is C26H39N5O2. The highest BCUT2D eigenvalue weighted by molar-refractivity contribution is 5.92. The van der Waals surface area contributed by atoms with Gasteiger partial charge in [0.25, 0.3) is 0 Å². The first-order valence-electron chi connectivity index (χ1n) is 12.9. The Morgan fingerprint density at radius 3 is 2.39 bits per heavy atom. The standard InChI is InChI=1S/C26H39N5O2/c1-20-27-23-19-25(33-17-7-12-29-10-5-6-11-29)24(32-2)18-22(23)26(28-20)31-15-13-30(14-16-31)21-8-3-4-9-21/h18-19,21H,3-17H2,1-2H3. The molecule has 3 aliphatic rings. The molecule has 0 atom stereocenters. The van der Waals surface area contributed by atoms with Gasteiger partial charge in [-0.1, -0.05) is 12.8 Å². The van der Waals surface area contributed by atoms with Crippen LogP contribution in [0.25, 0.3) is 10.9 Å². The van der Waals surface area contributed by atoms with E-state index >= 15 is 0 Å². The highest BCUT2D eigenvalue weighted by atomic mass is 16.5. The SMILES string of the molecule is COc1cc2c(N3CCN(C4CCCC4)CC3)nc(C)nc2cc1OCCCN1CCCC1. The van der Waals surface area contributed by atoms with Crippen molar-refractivity contribution in [1.82, 2.24) is 19.8 Å². The summed E-state index contributed by atoms with van der Waals surface area (Å²) in [6.07, 6.45) is 9.21. The molecule has 0 N–H and O–H groups in total. The molecule has 0 bridgehead atoms. The molecule has 2 saturated heterocycles. The normalized spacial score (nSPS) is 20.7. The van der Waals surface area contributed by atoms with E-state index in [1.165, 1.54) is 51.6 Å². The third-order valence-electron chi connectivity index (χ3n) is 7.60. The van der Waals surface area contributed by atoms with Crippen molar-refractivity contribution in [3.63, 3.8) is 0 Å². The van der Waals surface area contributed by atoms with Gasteiger partial charge >= 0.3 is 0 Å².